The van der Waals surface area contributed by atoms with Gasteiger partial charge in [0.25, 0.3) is 0 Å². The Morgan fingerprint density at radius 2 is 2.12 bits per heavy atom. The first-order valence-corrected chi connectivity index (χ1v) is 6.36. The number of hydrogen-bond donors (Lipinski definition) is 0. The molecule has 0 heterocycles. The molecule has 0 saturated heterocycles. The summed E-state index contributed by atoms with van der Waals surface area (Å²) in [6, 6.07) is 7.24. The van der Waals surface area contributed by atoms with Crippen molar-refractivity contribution in [3.05, 3.63) is 34.9 Å². The second-order valence-electron chi connectivity index (χ2n) is 4.12. The molecule has 1 nitrogen and oxygen atoms in total. The molecular formula is C14H19ClO. The largest absolute Gasteiger partial charge is 0.294 e. The fraction of sp³-hybridized carbons (Fsp3) is 0.500. The molecule has 1 atom stereocenters. The lowest BCUT2D eigenvalue weighted by molar-refractivity contribution is 0.0908. The number of unbranched alkanes of at least 4 members (excludes halogenated alkanes) is 1. The lowest BCUT2D eigenvalue weighted by Crippen LogP contribution is -2.13. The number of halogens is 1. The molecule has 0 bridgehead atoms. The maximum absolute atomic E-state index is 12.2. The molecule has 0 amide bonds. The minimum Gasteiger partial charge on any atom is -0.294 e. The van der Waals surface area contributed by atoms with Crippen LogP contribution in [0.3, 0.4) is 0 Å². The van der Waals surface area contributed by atoms with Crippen LogP contribution in [-0.4, -0.2) is 5.78 Å². The first-order valence-electron chi connectivity index (χ1n) is 5.98. The van der Waals surface area contributed by atoms with E-state index in [1.54, 1.807) is 12.1 Å². The van der Waals surface area contributed by atoms with Gasteiger partial charge >= 0.3 is 0 Å². The lowest BCUT2D eigenvalue weighted by Gasteiger charge is -2.13. The van der Waals surface area contributed by atoms with Crippen LogP contribution in [-0.2, 0) is 0 Å². The van der Waals surface area contributed by atoms with Gasteiger partial charge in [-0.3, -0.25) is 4.79 Å². The zero-order chi connectivity index (χ0) is 12.0. The number of carbonyl (C=O) groups is 1. The topological polar surface area (TPSA) is 17.1 Å². The van der Waals surface area contributed by atoms with Crippen LogP contribution in [0.4, 0.5) is 0 Å². The van der Waals surface area contributed by atoms with Gasteiger partial charge in [-0.1, -0.05) is 50.4 Å². The fourth-order valence-electron chi connectivity index (χ4n) is 1.85. The van der Waals surface area contributed by atoms with Gasteiger partial charge in [-0.25, -0.2) is 0 Å². The predicted molar refractivity (Wildman–Crippen MR) is 69.1 cm³/mol. The van der Waals surface area contributed by atoms with Crippen molar-refractivity contribution in [2.24, 2.45) is 5.92 Å². The average molecular weight is 239 g/mol. The maximum Gasteiger partial charge on any atom is 0.165 e. The molecule has 0 aliphatic carbocycles. The second kappa shape index (κ2) is 6.70. The van der Waals surface area contributed by atoms with Crippen LogP contribution in [0.5, 0.6) is 0 Å². The number of rotatable bonds is 6. The highest BCUT2D eigenvalue weighted by atomic mass is 35.5. The van der Waals surface area contributed by atoms with E-state index in [1.807, 2.05) is 12.1 Å². The Morgan fingerprint density at radius 1 is 1.38 bits per heavy atom. The zero-order valence-corrected chi connectivity index (χ0v) is 10.8. The number of carbonyl (C=O) groups excluding carboxylic acids is 1. The van der Waals surface area contributed by atoms with Crippen LogP contribution < -0.4 is 0 Å². The summed E-state index contributed by atoms with van der Waals surface area (Å²) >= 11 is 5.89. The van der Waals surface area contributed by atoms with Gasteiger partial charge in [-0.2, -0.15) is 0 Å². The fourth-order valence-corrected chi connectivity index (χ4v) is 2.04. The van der Waals surface area contributed by atoms with Gasteiger partial charge in [0.15, 0.2) is 5.78 Å². The zero-order valence-electron chi connectivity index (χ0n) is 10.0. The normalized spacial score (nSPS) is 12.4. The van der Waals surface area contributed by atoms with Crippen LogP contribution in [0.15, 0.2) is 24.3 Å². The van der Waals surface area contributed by atoms with Crippen molar-refractivity contribution in [1.82, 2.24) is 0 Å². The summed E-state index contributed by atoms with van der Waals surface area (Å²) in [5.74, 6) is 0.386. The Hall–Kier alpha value is -0.820. The molecule has 2 heteroatoms. The second-order valence-corrected chi connectivity index (χ2v) is 4.56. The van der Waals surface area contributed by atoms with Crippen LogP contribution in [0, 0.1) is 5.92 Å². The Balaban J connectivity index is 2.74. The van der Waals surface area contributed by atoms with Crippen molar-refractivity contribution in [2.75, 3.05) is 0 Å². The van der Waals surface area contributed by atoms with Gasteiger partial charge in [0.1, 0.15) is 0 Å². The third kappa shape index (κ3) is 3.64. The van der Waals surface area contributed by atoms with Crippen molar-refractivity contribution in [1.29, 1.82) is 0 Å². The third-order valence-electron chi connectivity index (χ3n) is 2.88. The van der Waals surface area contributed by atoms with E-state index in [1.165, 1.54) is 0 Å². The summed E-state index contributed by atoms with van der Waals surface area (Å²) in [5.41, 5.74) is 0.746. The summed E-state index contributed by atoms with van der Waals surface area (Å²) in [5, 5.41) is 0.635. The summed E-state index contributed by atoms with van der Waals surface area (Å²) in [6.07, 6.45) is 4.15. The SMILES string of the molecule is CCCCC(CC)C(=O)c1cccc(Cl)c1. The summed E-state index contributed by atoms with van der Waals surface area (Å²) in [4.78, 5) is 12.2. The molecular weight excluding hydrogens is 220 g/mol. The highest BCUT2D eigenvalue weighted by Crippen LogP contribution is 2.20. The molecule has 0 aromatic heterocycles. The molecule has 16 heavy (non-hydrogen) atoms. The molecule has 1 aromatic carbocycles. The standard InChI is InChI=1S/C14H19ClO/c1-3-5-7-11(4-2)14(16)12-8-6-9-13(15)10-12/h6,8-11H,3-5,7H2,1-2H3. The Labute approximate surface area is 103 Å². The monoisotopic (exact) mass is 238 g/mol. The molecule has 0 fully saturated rings. The maximum atomic E-state index is 12.2. The molecule has 0 saturated carbocycles. The van der Waals surface area contributed by atoms with Crippen LogP contribution in [0.25, 0.3) is 0 Å². The predicted octanol–water partition coefficient (Wildman–Crippen LogP) is 4.74. The Morgan fingerprint density at radius 3 is 2.69 bits per heavy atom. The number of hydrogen-bond acceptors (Lipinski definition) is 1. The number of ketones is 1. The van der Waals surface area contributed by atoms with Crippen molar-refractivity contribution >= 4 is 17.4 Å². The lowest BCUT2D eigenvalue weighted by atomic mass is 9.91. The summed E-state index contributed by atoms with van der Waals surface area (Å²) in [7, 11) is 0. The van der Waals surface area contributed by atoms with Gasteiger partial charge < -0.3 is 0 Å². The smallest absolute Gasteiger partial charge is 0.165 e. The first-order chi connectivity index (χ1) is 7.69. The van der Waals surface area contributed by atoms with E-state index in [9.17, 15) is 4.79 Å². The van der Waals surface area contributed by atoms with Crippen molar-refractivity contribution in [2.45, 2.75) is 39.5 Å². The Kier molecular flexibility index (Phi) is 5.54. The number of benzene rings is 1. The minimum absolute atomic E-state index is 0.151. The van der Waals surface area contributed by atoms with Crippen LogP contribution in [0.1, 0.15) is 49.9 Å². The molecule has 1 unspecified atom stereocenters. The molecule has 0 radical (unpaired) electrons. The number of Topliss-reactive ketones (excluding diaryl/α,β-unsaturated/α-hetero) is 1. The van der Waals surface area contributed by atoms with E-state index in [0.29, 0.717) is 5.02 Å². The van der Waals surface area contributed by atoms with Crippen LogP contribution >= 0.6 is 11.6 Å². The van der Waals surface area contributed by atoms with E-state index in [0.717, 1.165) is 31.2 Å². The summed E-state index contributed by atoms with van der Waals surface area (Å²) < 4.78 is 0. The van der Waals surface area contributed by atoms with Gasteiger partial charge in [-0.15, -0.1) is 0 Å². The van der Waals surface area contributed by atoms with Gasteiger partial charge in [0.2, 0.25) is 0 Å². The highest BCUT2D eigenvalue weighted by Gasteiger charge is 2.17. The average Bonchev–Trinajstić information content (AvgIpc) is 2.29. The van der Waals surface area contributed by atoms with Gasteiger partial charge in [0.05, 0.1) is 0 Å². The van der Waals surface area contributed by atoms with E-state index in [2.05, 4.69) is 13.8 Å². The Bertz CT molecular complexity index is 346. The highest BCUT2D eigenvalue weighted by molar-refractivity contribution is 6.31. The first kappa shape index (κ1) is 13.2. The molecule has 1 aromatic rings. The molecule has 0 aliphatic heterocycles. The van der Waals surface area contributed by atoms with Crippen molar-refractivity contribution in [3.63, 3.8) is 0 Å². The third-order valence-corrected chi connectivity index (χ3v) is 3.11. The van der Waals surface area contributed by atoms with E-state index in [-0.39, 0.29) is 11.7 Å². The van der Waals surface area contributed by atoms with E-state index < -0.39 is 0 Å². The van der Waals surface area contributed by atoms with Crippen molar-refractivity contribution in [3.8, 4) is 0 Å². The van der Waals surface area contributed by atoms with E-state index in [4.69, 9.17) is 11.6 Å². The van der Waals surface area contributed by atoms with Gasteiger partial charge in [-0.05, 0) is 25.0 Å². The molecule has 0 spiro atoms. The van der Waals surface area contributed by atoms with Crippen molar-refractivity contribution < 1.29 is 4.79 Å². The summed E-state index contributed by atoms with van der Waals surface area (Å²) in [6.45, 7) is 4.22. The quantitative estimate of drug-likeness (QED) is 0.655. The van der Waals surface area contributed by atoms with E-state index >= 15 is 0 Å². The molecule has 1 rings (SSSR count). The van der Waals surface area contributed by atoms with Gasteiger partial charge in [0, 0.05) is 16.5 Å². The molecule has 0 aliphatic rings. The molecule has 0 N–H and O–H groups in total. The molecule has 88 valence electrons. The van der Waals surface area contributed by atoms with Crippen LogP contribution in [0.2, 0.25) is 5.02 Å². The minimum atomic E-state index is 0.151.